The van der Waals surface area contributed by atoms with Crippen LogP contribution in [0.25, 0.3) is 10.8 Å². The number of carbonyl (C=O) groups excluding carboxylic acids is 1. The van der Waals surface area contributed by atoms with Gasteiger partial charge in [-0.05, 0) is 54.1 Å². The number of anilines is 1. The van der Waals surface area contributed by atoms with Gasteiger partial charge >= 0.3 is 0 Å². The van der Waals surface area contributed by atoms with Crippen molar-refractivity contribution in [2.24, 2.45) is 5.92 Å². The number of carbonyl (C=O) groups is 1. The van der Waals surface area contributed by atoms with Crippen molar-refractivity contribution in [3.05, 3.63) is 102 Å². The van der Waals surface area contributed by atoms with Crippen molar-refractivity contribution >= 4 is 22.4 Å². The highest BCUT2D eigenvalue weighted by molar-refractivity contribution is 5.95. The van der Waals surface area contributed by atoms with Crippen molar-refractivity contribution in [1.82, 2.24) is 14.9 Å². The van der Waals surface area contributed by atoms with E-state index < -0.39 is 0 Å². The normalized spacial score (nSPS) is 16.1. The number of hydrogen-bond donors (Lipinski definition) is 1. The predicted octanol–water partition coefficient (Wildman–Crippen LogP) is 4.88. The molecule has 1 aliphatic heterocycles. The molecule has 35 heavy (non-hydrogen) atoms. The Morgan fingerprint density at radius 3 is 2.89 bits per heavy atom. The summed E-state index contributed by atoms with van der Waals surface area (Å²) in [5, 5.41) is 5.78. The Hall–Kier alpha value is -3.77. The first kappa shape index (κ1) is 23.0. The third kappa shape index (κ3) is 5.49. The average Bonchev–Trinajstić information content (AvgIpc) is 3.14. The smallest absolute Gasteiger partial charge is 0.254 e. The van der Waals surface area contributed by atoms with Crippen molar-refractivity contribution in [2.75, 3.05) is 31.6 Å². The molecular weight excluding hydrogens is 436 g/mol. The first-order valence-corrected chi connectivity index (χ1v) is 12.1. The molecule has 1 atom stereocenters. The molecule has 0 spiro atoms. The van der Waals surface area contributed by atoms with Gasteiger partial charge in [-0.3, -0.25) is 14.8 Å². The molecule has 4 aromatic rings. The van der Waals surface area contributed by atoms with Gasteiger partial charge in [0.15, 0.2) is 0 Å². The number of aromatic nitrogens is 2. The van der Waals surface area contributed by atoms with E-state index in [0.717, 1.165) is 28.8 Å². The van der Waals surface area contributed by atoms with E-state index in [1.807, 2.05) is 66.7 Å². The Kier molecular flexibility index (Phi) is 7.00. The van der Waals surface area contributed by atoms with E-state index >= 15 is 0 Å². The van der Waals surface area contributed by atoms with Crippen molar-refractivity contribution in [3.8, 4) is 0 Å². The third-order valence-electron chi connectivity index (χ3n) is 6.55. The maximum atomic E-state index is 13.5. The van der Waals surface area contributed by atoms with Crippen LogP contribution in [-0.4, -0.2) is 47.1 Å². The van der Waals surface area contributed by atoms with Crippen LogP contribution in [0.5, 0.6) is 0 Å². The fourth-order valence-electron chi connectivity index (χ4n) is 4.66. The molecule has 6 heteroatoms. The third-order valence-corrected chi connectivity index (χ3v) is 6.55. The van der Waals surface area contributed by atoms with E-state index in [2.05, 4.69) is 33.5 Å². The van der Waals surface area contributed by atoms with Gasteiger partial charge in [-0.25, -0.2) is 0 Å². The van der Waals surface area contributed by atoms with E-state index in [0.29, 0.717) is 38.4 Å². The molecule has 0 aliphatic carbocycles. The minimum Gasteiger partial charge on any atom is -0.379 e. The number of amides is 1. The van der Waals surface area contributed by atoms with Crippen LogP contribution in [0.4, 0.5) is 5.69 Å². The first-order chi connectivity index (χ1) is 17.2. The first-order valence-electron chi connectivity index (χ1n) is 12.1. The second-order valence-corrected chi connectivity index (χ2v) is 9.12. The highest BCUT2D eigenvalue weighted by atomic mass is 16.5. The molecule has 1 saturated heterocycles. The van der Waals surface area contributed by atoms with Crippen LogP contribution in [0.2, 0.25) is 0 Å². The van der Waals surface area contributed by atoms with Gasteiger partial charge in [0.2, 0.25) is 0 Å². The number of aryl methyl sites for hydroxylation is 1. The summed E-state index contributed by atoms with van der Waals surface area (Å²) < 4.78 is 5.90. The molecular formula is C29H30N4O2. The van der Waals surface area contributed by atoms with E-state index in [1.54, 1.807) is 6.20 Å². The average molecular weight is 467 g/mol. The fourth-order valence-corrected chi connectivity index (χ4v) is 4.66. The lowest BCUT2D eigenvalue weighted by atomic mass is 9.96. The monoisotopic (exact) mass is 466 g/mol. The van der Waals surface area contributed by atoms with Crippen molar-refractivity contribution in [3.63, 3.8) is 0 Å². The van der Waals surface area contributed by atoms with Gasteiger partial charge in [-0.1, -0.05) is 36.4 Å². The molecule has 1 N–H and O–H groups in total. The number of nitrogens with one attached hydrogen (secondary N) is 1. The largest absolute Gasteiger partial charge is 0.379 e. The molecule has 6 nitrogen and oxygen atoms in total. The van der Waals surface area contributed by atoms with E-state index in [1.165, 1.54) is 10.9 Å². The zero-order chi connectivity index (χ0) is 24.0. The Morgan fingerprint density at radius 1 is 1.11 bits per heavy atom. The van der Waals surface area contributed by atoms with Crippen LogP contribution in [-0.2, 0) is 17.7 Å². The van der Waals surface area contributed by atoms with Crippen LogP contribution >= 0.6 is 0 Å². The lowest BCUT2D eigenvalue weighted by molar-refractivity contribution is 0.0737. The highest BCUT2D eigenvalue weighted by Crippen LogP contribution is 2.23. The molecule has 0 unspecified atom stereocenters. The SMILES string of the molecule is Cc1ccc(C(=O)N2CCOC[C@@H](Cc3cncc4ccccc34)C2)cc1NCc1ccccn1. The summed E-state index contributed by atoms with van der Waals surface area (Å²) in [7, 11) is 0. The van der Waals surface area contributed by atoms with Gasteiger partial charge in [-0.2, -0.15) is 0 Å². The Bertz CT molecular complexity index is 1300. The standard InChI is InChI=1S/C29H30N4O2/c1-21-9-10-23(15-28(21)32-18-26-7-4-5-11-31-26)29(34)33-12-13-35-20-22(19-33)14-25-17-30-16-24-6-2-3-8-27(24)25/h2-11,15-17,22,32H,12-14,18-20H2,1H3/t22-/m0/s1. The molecule has 0 bridgehead atoms. The van der Waals surface area contributed by atoms with Crippen LogP contribution in [0, 0.1) is 12.8 Å². The summed E-state index contributed by atoms with van der Waals surface area (Å²) in [4.78, 5) is 24.3. The summed E-state index contributed by atoms with van der Waals surface area (Å²) in [6.07, 6.45) is 6.45. The number of pyridine rings is 2. The number of nitrogens with zero attached hydrogens (tertiary/aromatic N) is 3. The summed E-state index contributed by atoms with van der Waals surface area (Å²) in [6.45, 7) is 5.09. The molecule has 2 aromatic carbocycles. The van der Waals surface area contributed by atoms with Gasteiger partial charge in [0.05, 0.1) is 25.5 Å². The summed E-state index contributed by atoms with van der Waals surface area (Å²) in [6, 6.07) is 20.1. The van der Waals surface area contributed by atoms with Gasteiger partial charge in [0.1, 0.15) is 0 Å². The van der Waals surface area contributed by atoms with Crippen LogP contribution < -0.4 is 5.32 Å². The van der Waals surface area contributed by atoms with E-state index in [-0.39, 0.29) is 11.8 Å². The second kappa shape index (κ2) is 10.7. The van der Waals surface area contributed by atoms with E-state index in [4.69, 9.17) is 4.74 Å². The lowest BCUT2D eigenvalue weighted by Crippen LogP contribution is -2.36. The van der Waals surface area contributed by atoms with Crippen molar-refractivity contribution in [2.45, 2.75) is 19.9 Å². The number of ether oxygens (including phenoxy) is 1. The van der Waals surface area contributed by atoms with Crippen molar-refractivity contribution < 1.29 is 9.53 Å². The Balaban J connectivity index is 1.30. The molecule has 0 radical (unpaired) electrons. The Morgan fingerprint density at radius 2 is 2.00 bits per heavy atom. The number of fused-ring (bicyclic) bond motifs is 1. The molecule has 178 valence electrons. The summed E-state index contributed by atoms with van der Waals surface area (Å²) in [5.74, 6) is 0.249. The molecule has 3 heterocycles. The van der Waals surface area contributed by atoms with Crippen LogP contribution in [0.3, 0.4) is 0 Å². The van der Waals surface area contributed by atoms with Crippen LogP contribution in [0.15, 0.2) is 79.3 Å². The number of hydrogen-bond acceptors (Lipinski definition) is 5. The van der Waals surface area contributed by atoms with Crippen LogP contribution in [0.1, 0.15) is 27.2 Å². The topological polar surface area (TPSA) is 67.4 Å². The maximum Gasteiger partial charge on any atom is 0.254 e. The van der Waals surface area contributed by atoms with Gasteiger partial charge < -0.3 is 15.0 Å². The minimum absolute atomic E-state index is 0.0393. The molecule has 0 saturated carbocycles. The summed E-state index contributed by atoms with van der Waals surface area (Å²) in [5.41, 5.74) is 4.89. The molecule has 1 fully saturated rings. The van der Waals surface area contributed by atoms with E-state index in [9.17, 15) is 4.79 Å². The number of rotatable bonds is 6. The minimum atomic E-state index is 0.0393. The molecule has 5 rings (SSSR count). The lowest BCUT2D eigenvalue weighted by Gasteiger charge is -2.24. The summed E-state index contributed by atoms with van der Waals surface area (Å²) >= 11 is 0. The maximum absolute atomic E-state index is 13.5. The van der Waals surface area contributed by atoms with Gasteiger partial charge in [-0.15, -0.1) is 0 Å². The predicted molar refractivity (Wildman–Crippen MR) is 138 cm³/mol. The van der Waals surface area contributed by atoms with Crippen molar-refractivity contribution in [1.29, 1.82) is 0 Å². The Labute approximate surface area is 206 Å². The van der Waals surface area contributed by atoms with Gasteiger partial charge in [0.25, 0.3) is 5.91 Å². The highest BCUT2D eigenvalue weighted by Gasteiger charge is 2.24. The zero-order valence-corrected chi connectivity index (χ0v) is 20.0. The number of benzene rings is 2. The molecule has 2 aromatic heterocycles. The molecule has 1 amide bonds. The zero-order valence-electron chi connectivity index (χ0n) is 20.0. The second-order valence-electron chi connectivity index (χ2n) is 9.12. The molecule has 1 aliphatic rings. The fraction of sp³-hybridized carbons (Fsp3) is 0.276. The van der Waals surface area contributed by atoms with Gasteiger partial charge in [0, 0.05) is 54.2 Å². The quantitative estimate of drug-likeness (QED) is 0.439.